The van der Waals surface area contributed by atoms with Crippen LogP contribution in [0.2, 0.25) is 0 Å². The summed E-state index contributed by atoms with van der Waals surface area (Å²) in [6.45, 7) is 5.26. The number of hydrogen-bond donors (Lipinski definition) is 2. The van der Waals surface area contributed by atoms with E-state index in [0.29, 0.717) is 11.4 Å². The molecular weight excluding hydrogens is 242 g/mol. The fourth-order valence-corrected chi connectivity index (χ4v) is 1.60. The smallest absolute Gasteiger partial charge is 0.413 e. The molecule has 1 heterocycles. The molecule has 6 nitrogen and oxygen atoms in total. The minimum Gasteiger partial charge on any atom is -0.444 e. The standard InChI is InChI=1S/C10H13N3O3S/c1-10(2,3)16-9(15)13-8-12-7(5-17-8)6(11)4-14/h4-5,11H,1-3H3,(H,12,13,15). The van der Waals surface area contributed by atoms with Gasteiger partial charge in [-0.3, -0.25) is 15.5 Å². The van der Waals surface area contributed by atoms with Crippen LogP contribution in [0.4, 0.5) is 9.93 Å². The van der Waals surface area contributed by atoms with Crippen molar-refractivity contribution in [3.05, 3.63) is 11.1 Å². The molecule has 0 bridgehead atoms. The van der Waals surface area contributed by atoms with Crippen molar-refractivity contribution in [3.8, 4) is 0 Å². The van der Waals surface area contributed by atoms with Crippen molar-refractivity contribution in [1.29, 1.82) is 5.41 Å². The molecule has 17 heavy (non-hydrogen) atoms. The number of anilines is 1. The van der Waals surface area contributed by atoms with E-state index in [-0.39, 0.29) is 11.4 Å². The Morgan fingerprint density at radius 3 is 2.76 bits per heavy atom. The molecule has 0 atom stereocenters. The van der Waals surface area contributed by atoms with Gasteiger partial charge in [0, 0.05) is 5.38 Å². The minimum atomic E-state index is -0.615. The SMILES string of the molecule is CC(C)(C)OC(=O)Nc1nc(C(=N)C=O)cs1. The van der Waals surface area contributed by atoms with Crippen molar-refractivity contribution in [2.75, 3.05) is 5.32 Å². The molecule has 0 saturated carbocycles. The van der Waals surface area contributed by atoms with E-state index in [1.54, 1.807) is 20.8 Å². The monoisotopic (exact) mass is 255 g/mol. The van der Waals surface area contributed by atoms with Crippen molar-refractivity contribution in [1.82, 2.24) is 4.98 Å². The quantitative estimate of drug-likeness (QED) is 0.638. The molecule has 7 heteroatoms. The molecular formula is C10H13N3O3S. The van der Waals surface area contributed by atoms with E-state index in [0.717, 1.165) is 11.3 Å². The lowest BCUT2D eigenvalue weighted by atomic mass is 10.2. The van der Waals surface area contributed by atoms with Crippen molar-refractivity contribution in [2.24, 2.45) is 0 Å². The highest BCUT2D eigenvalue weighted by Gasteiger charge is 2.17. The fourth-order valence-electron chi connectivity index (χ4n) is 0.906. The largest absolute Gasteiger partial charge is 0.444 e. The topological polar surface area (TPSA) is 92.1 Å². The van der Waals surface area contributed by atoms with Crippen molar-refractivity contribution in [2.45, 2.75) is 26.4 Å². The van der Waals surface area contributed by atoms with Crippen LogP contribution in [0, 0.1) is 5.41 Å². The molecule has 1 aromatic rings. The molecule has 0 aliphatic heterocycles. The molecule has 1 aromatic heterocycles. The summed E-state index contributed by atoms with van der Waals surface area (Å²) in [5.41, 5.74) is -0.575. The molecule has 0 fully saturated rings. The van der Waals surface area contributed by atoms with Crippen LogP contribution < -0.4 is 5.32 Å². The summed E-state index contributed by atoms with van der Waals surface area (Å²) in [7, 11) is 0. The zero-order valence-corrected chi connectivity index (χ0v) is 10.6. The second-order valence-corrected chi connectivity index (χ2v) is 5.05. The summed E-state index contributed by atoms with van der Waals surface area (Å²) in [6, 6.07) is 0. The first-order valence-electron chi connectivity index (χ1n) is 4.81. The average Bonchev–Trinajstić information content (AvgIpc) is 2.62. The zero-order chi connectivity index (χ0) is 13.1. The highest BCUT2D eigenvalue weighted by molar-refractivity contribution is 7.14. The van der Waals surface area contributed by atoms with Gasteiger partial charge in [0.1, 0.15) is 17.0 Å². The number of nitrogens with one attached hydrogen (secondary N) is 2. The number of carbonyl (C=O) groups excluding carboxylic acids is 2. The number of aldehydes is 1. The Morgan fingerprint density at radius 1 is 1.59 bits per heavy atom. The highest BCUT2D eigenvalue weighted by atomic mass is 32.1. The third kappa shape index (κ3) is 4.31. The maximum Gasteiger partial charge on any atom is 0.413 e. The minimum absolute atomic E-state index is 0.224. The van der Waals surface area contributed by atoms with Gasteiger partial charge in [-0.2, -0.15) is 0 Å². The molecule has 0 aromatic carbocycles. The van der Waals surface area contributed by atoms with Crippen LogP contribution >= 0.6 is 11.3 Å². The molecule has 0 unspecified atom stereocenters. The first-order chi connectivity index (χ1) is 7.81. The van der Waals surface area contributed by atoms with Gasteiger partial charge < -0.3 is 4.74 Å². The third-order valence-corrected chi connectivity index (χ3v) is 2.26. The second kappa shape index (κ2) is 5.05. The maximum atomic E-state index is 11.4. The predicted molar refractivity (Wildman–Crippen MR) is 64.9 cm³/mol. The van der Waals surface area contributed by atoms with E-state index in [9.17, 15) is 9.59 Å². The van der Waals surface area contributed by atoms with E-state index in [1.807, 2.05) is 0 Å². The van der Waals surface area contributed by atoms with Crippen molar-refractivity contribution in [3.63, 3.8) is 0 Å². The van der Waals surface area contributed by atoms with Crippen LogP contribution in [0.1, 0.15) is 26.5 Å². The van der Waals surface area contributed by atoms with Gasteiger partial charge in [0.25, 0.3) is 0 Å². The van der Waals surface area contributed by atoms with Crippen LogP contribution in [-0.4, -0.2) is 28.7 Å². The van der Waals surface area contributed by atoms with Crippen LogP contribution in [0.3, 0.4) is 0 Å². The van der Waals surface area contributed by atoms with Gasteiger partial charge in [0.2, 0.25) is 0 Å². The number of rotatable bonds is 3. The van der Waals surface area contributed by atoms with Gasteiger partial charge in [-0.25, -0.2) is 9.78 Å². The molecule has 0 radical (unpaired) electrons. The normalized spacial score (nSPS) is 10.8. The van der Waals surface area contributed by atoms with Gasteiger partial charge in [0.15, 0.2) is 11.4 Å². The van der Waals surface area contributed by atoms with Crippen LogP contribution in [-0.2, 0) is 9.53 Å². The van der Waals surface area contributed by atoms with Gasteiger partial charge in [0.05, 0.1) is 0 Å². The lowest BCUT2D eigenvalue weighted by molar-refractivity contribution is -0.102. The number of hydrogen-bond acceptors (Lipinski definition) is 6. The number of amides is 1. The van der Waals surface area contributed by atoms with Crippen LogP contribution in [0.15, 0.2) is 5.38 Å². The lowest BCUT2D eigenvalue weighted by Gasteiger charge is -2.18. The van der Waals surface area contributed by atoms with Crippen molar-refractivity contribution < 1.29 is 14.3 Å². The molecule has 0 aliphatic rings. The lowest BCUT2D eigenvalue weighted by Crippen LogP contribution is -2.27. The number of ether oxygens (including phenoxy) is 1. The number of carbonyl (C=O) groups is 2. The Morgan fingerprint density at radius 2 is 2.24 bits per heavy atom. The molecule has 1 rings (SSSR count). The number of thiazole rings is 1. The first kappa shape index (κ1) is 13.3. The Hall–Kier alpha value is -1.76. The first-order valence-corrected chi connectivity index (χ1v) is 5.69. The number of aromatic nitrogens is 1. The maximum absolute atomic E-state index is 11.4. The summed E-state index contributed by atoms with van der Waals surface area (Å²) in [5, 5.41) is 11.5. The van der Waals surface area contributed by atoms with E-state index in [1.165, 1.54) is 5.38 Å². The molecule has 2 N–H and O–H groups in total. The van der Waals surface area contributed by atoms with Gasteiger partial charge in [-0.05, 0) is 20.8 Å². The third-order valence-electron chi connectivity index (χ3n) is 1.51. The van der Waals surface area contributed by atoms with Crippen LogP contribution in [0.25, 0.3) is 0 Å². The molecule has 1 amide bonds. The Balaban J connectivity index is 2.64. The second-order valence-electron chi connectivity index (χ2n) is 4.20. The molecule has 92 valence electrons. The summed E-state index contributed by atoms with van der Waals surface area (Å²) >= 11 is 1.12. The van der Waals surface area contributed by atoms with Crippen molar-refractivity contribution >= 4 is 34.6 Å². The Kier molecular flexibility index (Phi) is 3.95. The molecule has 0 saturated heterocycles. The highest BCUT2D eigenvalue weighted by Crippen LogP contribution is 2.17. The predicted octanol–water partition coefficient (Wildman–Crippen LogP) is 2.06. The fraction of sp³-hybridized carbons (Fsp3) is 0.400. The summed E-state index contributed by atoms with van der Waals surface area (Å²) < 4.78 is 5.03. The Labute approximate surface area is 103 Å². The van der Waals surface area contributed by atoms with Gasteiger partial charge >= 0.3 is 6.09 Å². The van der Waals surface area contributed by atoms with E-state index in [2.05, 4.69) is 10.3 Å². The van der Waals surface area contributed by atoms with E-state index >= 15 is 0 Å². The van der Waals surface area contributed by atoms with Gasteiger partial charge in [-0.15, -0.1) is 11.3 Å². The van der Waals surface area contributed by atoms with Gasteiger partial charge in [-0.1, -0.05) is 0 Å². The molecule has 0 aliphatic carbocycles. The Bertz CT molecular complexity index is 448. The van der Waals surface area contributed by atoms with E-state index in [4.69, 9.17) is 10.1 Å². The molecule has 0 spiro atoms. The summed E-state index contributed by atoms with van der Waals surface area (Å²) in [5.74, 6) is 0. The summed E-state index contributed by atoms with van der Waals surface area (Å²) in [6.07, 6.45) is -0.220. The summed E-state index contributed by atoms with van der Waals surface area (Å²) in [4.78, 5) is 25.6. The number of nitrogens with zero attached hydrogens (tertiary/aromatic N) is 1. The average molecular weight is 255 g/mol. The zero-order valence-electron chi connectivity index (χ0n) is 9.73. The van der Waals surface area contributed by atoms with E-state index < -0.39 is 11.7 Å². The van der Waals surface area contributed by atoms with Crippen LogP contribution in [0.5, 0.6) is 0 Å².